The van der Waals surface area contributed by atoms with Gasteiger partial charge >= 0.3 is 0 Å². The molecule has 0 bridgehead atoms. The lowest BCUT2D eigenvalue weighted by Gasteiger charge is -2.44. The van der Waals surface area contributed by atoms with Crippen LogP contribution in [0.4, 0.5) is 5.82 Å². The molecule has 3 aromatic heterocycles. The van der Waals surface area contributed by atoms with Crippen molar-refractivity contribution in [3.8, 4) is 0 Å². The second-order valence-corrected chi connectivity index (χ2v) is 5.67. The van der Waals surface area contributed by atoms with Gasteiger partial charge in [0.15, 0.2) is 5.65 Å². The molecule has 1 fully saturated rings. The Balaban J connectivity index is 1.33. The highest BCUT2D eigenvalue weighted by atomic mass is 15.4. The fourth-order valence-corrected chi connectivity index (χ4v) is 2.68. The zero-order chi connectivity index (χ0) is 14.9. The Labute approximate surface area is 128 Å². The largest absolute Gasteiger partial charge is 0.352 e. The van der Waals surface area contributed by atoms with E-state index < -0.39 is 0 Å². The predicted octanol–water partition coefficient (Wildman–Crippen LogP) is 0.141. The highest BCUT2D eigenvalue weighted by Gasteiger charge is 2.30. The Morgan fingerprint density at radius 2 is 2.18 bits per heavy atom. The summed E-state index contributed by atoms with van der Waals surface area (Å²) in [6, 6.07) is 4.53. The Morgan fingerprint density at radius 3 is 3.00 bits per heavy atom. The van der Waals surface area contributed by atoms with Gasteiger partial charge in [-0.15, -0.1) is 15.3 Å². The van der Waals surface area contributed by atoms with Crippen LogP contribution in [0.1, 0.15) is 0 Å². The van der Waals surface area contributed by atoms with Gasteiger partial charge in [-0.2, -0.15) is 4.52 Å². The van der Waals surface area contributed by atoms with Gasteiger partial charge in [0.1, 0.15) is 12.1 Å². The van der Waals surface area contributed by atoms with Crippen LogP contribution in [-0.2, 0) is 6.54 Å². The summed E-state index contributed by atoms with van der Waals surface area (Å²) in [7, 11) is 2.18. The van der Waals surface area contributed by atoms with Crippen molar-refractivity contribution in [1.29, 1.82) is 0 Å². The minimum atomic E-state index is 0.571. The lowest BCUT2D eigenvalue weighted by atomic mass is 10.1. The van der Waals surface area contributed by atoms with Gasteiger partial charge in [0.25, 0.3) is 0 Å². The van der Waals surface area contributed by atoms with Gasteiger partial charge < -0.3 is 9.47 Å². The standard InChI is InChI=1S/C14H18N8/c1-19(6-7-20-5-4-15-10-20)12-8-21(9-12)14-3-2-13-17-16-11-22(13)18-14/h2-5,10-12H,6-9H2,1H3. The highest BCUT2D eigenvalue weighted by Crippen LogP contribution is 2.21. The number of hydrogen-bond acceptors (Lipinski definition) is 6. The SMILES string of the molecule is CN(CCn1ccnc1)C1CN(c2ccc3nncn3n2)C1. The molecule has 0 atom stereocenters. The Morgan fingerprint density at radius 1 is 1.27 bits per heavy atom. The zero-order valence-electron chi connectivity index (χ0n) is 12.4. The monoisotopic (exact) mass is 298 g/mol. The first-order valence-electron chi connectivity index (χ1n) is 7.37. The van der Waals surface area contributed by atoms with Crippen LogP contribution in [0.15, 0.2) is 37.2 Å². The molecule has 1 saturated heterocycles. The lowest BCUT2D eigenvalue weighted by molar-refractivity contribution is 0.197. The van der Waals surface area contributed by atoms with Crippen LogP contribution in [0.5, 0.6) is 0 Å². The number of anilines is 1. The number of aromatic nitrogens is 6. The van der Waals surface area contributed by atoms with Crippen molar-refractivity contribution in [3.05, 3.63) is 37.2 Å². The first-order chi connectivity index (χ1) is 10.8. The van der Waals surface area contributed by atoms with E-state index in [1.165, 1.54) is 0 Å². The molecular weight excluding hydrogens is 280 g/mol. The zero-order valence-corrected chi connectivity index (χ0v) is 12.4. The second-order valence-electron chi connectivity index (χ2n) is 5.67. The molecule has 0 aromatic carbocycles. The highest BCUT2D eigenvalue weighted by molar-refractivity contribution is 5.47. The average Bonchev–Trinajstić information content (AvgIpc) is 3.14. The predicted molar refractivity (Wildman–Crippen MR) is 81.6 cm³/mol. The fourth-order valence-electron chi connectivity index (χ4n) is 2.68. The van der Waals surface area contributed by atoms with Crippen molar-refractivity contribution in [1.82, 2.24) is 34.3 Å². The molecule has 0 N–H and O–H groups in total. The van der Waals surface area contributed by atoms with Crippen molar-refractivity contribution in [2.24, 2.45) is 0 Å². The molecule has 0 saturated carbocycles. The van der Waals surface area contributed by atoms with Crippen LogP contribution >= 0.6 is 0 Å². The lowest BCUT2D eigenvalue weighted by Crippen LogP contribution is -2.59. The molecule has 4 rings (SSSR count). The molecule has 8 heteroatoms. The van der Waals surface area contributed by atoms with E-state index in [0.717, 1.165) is 37.6 Å². The summed E-state index contributed by atoms with van der Waals surface area (Å²) < 4.78 is 3.82. The average molecular weight is 298 g/mol. The summed E-state index contributed by atoms with van der Waals surface area (Å²) >= 11 is 0. The molecule has 0 spiro atoms. The van der Waals surface area contributed by atoms with Crippen LogP contribution in [0, 0.1) is 0 Å². The van der Waals surface area contributed by atoms with E-state index in [-0.39, 0.29) is 0 Å². The van der Waals surface area contributed by atoms with Gasteiger partial charge in [-0.1, -0.05) is 0 Å². The Bertz CT molecular complexity index is 743. The summed E-state index contributed by atoms with van der Waals surface area (Å²) in [6.07, 6.45) is 7.31. The molecule has 0 unspecified atom stereocenters. The topological polar surface area (TPSA) is 67.4 Å². The van der Waals surface area contributed by atoms with E-state index in [0.29, 0.717) is 6.04 Å². The third-order valence-corrected chi connectivity index (χ3v) is 4.23. The first-order valence-corrected chi connectivity index (χ1v) is 7.37. The van der Waals surface area contributed by atoms with Crippen LogP contribution in [-0.4, -0.2) is 67.0 Å². The maximum atomic E-state index is 4.52. The van der Waals surface area contributed by atoms with Crippen molar-refractivity contribution >= 4 is 11.5 Å². The Hall–Kier alpha value is -2.48. The smallest absolute Gasteiger partial charge is 0.177 e. The maximum Gasteiger partial charge on any atom is 0.177 e. The van der Waals surface area contributed by atoms with Gasteiger partial charge in [0.2, 0.25) is 0 Å². The summed E-state index contributed by atoms with van der Waals surface area (Å²) in [5.74, 6) is 0.978. The molecule has 4 heterocycles. The van der Waals surface area contributed by atoms with E-state index in [4.69, 9.17) is 0 Å². The number of likely N-dealkylation sites (N-methyl/N-ethyl adjacent to an activating group) is 1. The quantitative estimate of drug-likeness (QED) is 0.667. The molecule has 0 aliphatic carbocycles. The normalized spacial score (nSPS) is 15.6. The third kappa shape index (κ3) is 2.41. The van der Waals surface area contributed by atoms with E-state index in [1.807, 2.05) is 30.9 Å². The molecule has 0 radical (unpaired) electrons. The second kappa shape index (κ2) is 5.38. The van der Waals surface area contributed by atoms with Gasteiger partial charge in [0, 0.05) is 44.6 Å². The summed E-state index contributed by atoms with van der Waals surface area (Å²) in [5.41, 5.74) is 0.776. The first kappa shape index (κ1) is 13.2. The third-order valence-electron chi connectivity index (χ3n) is 4.23. The molecule has 8 nitrogen and oxygen atoms in total. The summed E-state index contributed by atoms with van der Waals surface area (Å²) in [4.78, 5) is 8.74. The van der Waals surface area contributed by atoms with Crippen molar-refractivity contribution in [3.63, 3.8) is 0 Å². The summed E-state index contributed by atoms with van der Waals surface area (Å²) in [5, 5.41) is 12.3. The van der Waals surface area contributed by atoms with Crippen LogP contribution in [0.2, 0.25) is 0 Å². The van der Waals surface area contributed by atoms with Crippen LogP contribution in [0.25, 0.3) is 5.65 Å². The van der Waals surface area contributed by atoms with E-state index in [9.17, 15) is 0 Å². The summed E-state index contributed by atoms with van der Waals surface area (Å²) in [6.45, 7) is 3.99. The number of nitrogens with zero attached hydrogens (tertiary/aromatic N) is 8. The molecule has 3 aromatic rings. The molecular formula is C14H18N8. The molecule has 114 valence electrons. The van der Waals surface area contributed by atoms with Crippen molar-refractivity contribution in [2.45, 2.75) is 12.6 Å². The number of imidazole rings is 1. The molecule has 0 amide bonds. The minimum Gasteiger partial charge on any atom is -0.352 e. The maximum absolute atomic E-state index is 4.52. The Kier molecular flexibility index (Phi) is 3.23. The van der Waals surface area contributed by atoms with E-state index >= 15 is 0 Å². The number of hydrogen-bond donors (Lipinski definition) is 0. The van der Waals surface area contributed by atoms with Crippen LogP contribution < -0.4 is 4.90 Å². The molecule has 1 aliphatic heterocycles. The van der Waals surface area contributed by atoms with E-state index in [1.54, 1.807) is 10.8 Å². The van der Waals surface area contributed by atoms with Crippen molar-refractivity contribution < 1.29 is 0 Å². The van der Waals surface area contributed by atoms with Gasteiger partial charge in [0.05, 0.1) is 6.33 Å². The van der Waals surface area contributed by atoms with Gasteiger partial charge in [-0.3, -0.25) is 4.90 Å². The van der Waals surface area contributed by atoms with Gasteiger partial charge in [-0.25, -0.2) is 4.98 Å². The van der Waals surface area contributed by atoms with Gasteiger partial charge in [-0.05, 0) is 19.2 Å². The molecule has 1 aliphatic rings. The number of fused-ring (bicyclic) bond motifs is 1. The van der Waals surface area contributed by atoms with Crippen LogP contribution in [0.3, 0.4) is 0 Å². The van der Waals surface area contributed by atoms with Crippen molar-refractivity contribution in [2.75, 3.05) is 31.6 Å². The molecule has 22 heavy (non-hydrogen) atoms. The van der Waals surface area contributed by atoms with E-state index in [2.05, 4.69) is 41.7 Å². The fraction of sp³-hybridized carbons (Fsp3) is 0.429. The number of rotatable bonds is 5. The minimum absolute atomic E-state index is 0.571.